The van der Waals surface area contributed by atoms with Gasteiger partial charge in [-0.1, -0.05) is 96.0 Å². The van der Waals surface area contributed by atoms with E-state index in [4.69, 9.17) is 10.2 Å². The summed E-state index contributed by atoms with van der Waals surface area (Å²) in [7, 11) is 0. The van der Waals surface area contributed by atoms with E-state index in [0.717, 1.165) is 52.7 Å². The number of aromatic nitrogens is 3. The highest BCUT2D eigenvalue weighted by Crippen LogP contribution is 2.29. The van der Waals surface area contributed by atoms with Crippen LogP contribution in [0.5, 0.6) is 0 Å². The maximum atomic E-state index is 5.30. The fraction of sp³-hybridized carbons (Fsp3) is 0.182. The third kappa shape index (κ3) is 5.00. The second-order valence-electron chi connectivity index (χ2n) is 9.73. The van der Waals surface area contributed by atoms with Gasteiger partial charge in [0.15, 0.2) is 5.71 Å². The lowest BCUT2D eigenvalue weighted by Crippen LogP contribution is -2.47. The molecule has 0 radical (unpaired) electrons. The predicted molar refractivity (Wildman–Crippen MR) is 153 cm³/mol. The van der Waals surface area contributed by atoms with E-state index in [1.807, 2.05) is 42.5 Å². The van der Waals surface area contributed by atoms with E-state index in [1.54, 1.807) is 0 Å². The van der Waals surface area contributed by atoms with Crippen LogP contribution >= 0.6 is 0 Å². The van der Waals surface area contributed by atoms with Crippen molar-refractivity contribution in [3.63, 3.8) is 0 Å². The third-order valence-electron chi connectivity index (χ3n) is 7.15. The second-order valence-corrected chi connectivity index (χ2v) is 9.73. The Morgan fingerprint density at radius 1 is 0.711 bits per heavy atom. The summed E-state index contributed by atoms with van der Waals surface area (Å²) in [6.45, 7) is 0. The lowest BCUT2D eigenvalue weighted by Gasteiger charge is -2.22. The number of hydrogen-bond donors (Lipinski definition) is 1. The largest absolute Gasteiger partial charge is 0.310 e. The van der Waals surface area contributed by atoms with Crippen molar-refractivity contribution in [2.45, 2.75) is 38.1 Å². The summed E-state index contributed by atoms with van der Waals surface area (Å²) in [5, 5.41) is 10.4. The van der Waals surface area contributed by atoms with Gasteiger partial charge in [0.05, 0.1) is 22.4 Å². The van der Waals surface area contributed by atoms with Crippen LogP contribution in [-0.4, -0.2) is 15.5 Å². The van der Waals surface area contributed by atoms with Crippen LogP contribution in [0.1, 0.15) is 49.5 Å². The highest BCUT2D eigenvalue weighted by atomic mass is 15.4. The molecule has 0 spiro atoms. The molecular formula is C33H32N5+. The second kappa shape index (κ2) is 11.3. The first-order chi connectivity index (χ1) is 18.9. The summed E-state index contributed by atoms with van der Waals surface area (Å²) >= 11 is 0. The monoisotopic (exact) mass is 498 g/mol. The summed E-state index contributed by atoms with van der Waals surface area (Å²) in [4.78, 5) is 0. The Morgan fingerprint density at radius 2 is 1.29 bits per heavy atom. The lowest BCUT2D eigenvalue weighted by atomic mass is 9.94. The van der Waals surface area contributed by atoms with Gasteiger partial charge in [0, 0.05) is 5.56 Å². The molecule has 1 aliphatic carbocycles. The Labute approximate surface area is 224 Å². The number of para-hydroxylation sites is 2. The molecular weight excluding hydrogens is 466 g/mol. The molecule has 5 heteroatoms. The van der Waals surface area contributed by atoms with Crippen molar-refractivity contribution >= 4 is 11.4 Å². The van der Waals surface area contributed by atoms with Crippen LogP contribution in [-0.2, 0) is 0 Å². The molecule has 5 nitrogen and oxygen atoms in total. The summed E-state index contributed by atoms with van der Waals surface area (Å²) in [5.74, 6) is 1.95. The average Bonchev–Trinajstić information content (AvgIpc) is 3.40. The van der Waals surface area contributed by atoms with E-state index in [0.29, 0.717) is 6.04 Å². The fourth-order valence-corrected chi connectivity index (χ4v) is 5.30. The van der Waals surface area contributed by atoms with Gasteiger partial charge in [-0.2, -0.15) is 5.10 Å². The molecule has 1 fully saturated rings. The number of rotatable bonds is 7. The minimum absolute atomic E-state index is 0.344. The highest BCUT2D eigenvalue weighted by molar-refractivity contribution is 6.10. The molecule has 5 aromatic rings. The molecule has 0 atom stereocenters. The van der Waals surface area contributed by atoms with Crippen LogP contribution in [0, 0.1) is 0 Å². The summed E-state index contributed by atoms with van der Waals surface area (Å²) in [6.07, 6.45) is 6.00. The number of hydrogen-bond acceptors (Lipinski definition) is 3. The van der Waals surface area contributed by atoms with E-state index in [1.165, 1.54) is 19.3 Å². The van der Waals surface area contributed by atoms with Crippen molar-refractivity contribution in [3.8, 4) is 17.1 Å². The Hall–Kier alpha value is -4.51. The van der Waals surface area contributed by atoms with Gasteiger partial charge in [0.2, 0.25) is 0 Å². The molecule has 1 aliphatic rings. The first-order valence-corrected chi connectivity index (χ1v) is 13.5. The first-order valence-electron chi connectivity index (χ1n) is 13.5. The van der Waals surface area contributed by atoms with Crippen molar-refractivity contribution in [1.82, 2.24) is 9.78 Å². The lowest BCUT2D eigenvalue weighted by molar-refractivity contribution is -0.717. The van der Waals surface area contributed by atoms with E-state index >= 15 is 0 Å². The van der Waals surface area contributed by atoms with E-state index in [9.17, 15) is 0 Å². The van der Waals surface area contributed by atoms with Crippen molar-refractivity contribution in [3.05, 3.63) is 133 Å². The molecule has 0 aliphatic heterocycles. The normalized spacial score (nSPS) is 14.4. The maximum Gasteiger partial charge on any atom is 0.310 e. The Kier molecular flexibility index (Phi) is 7.07. The molecule has 1 aromatic heterocycles. The van der Waals surface area contributed by atoms with E-state index < -0.39 is 0 Å². The topological polar surface area (TPSA) is 46.1 Å². The predicted octanol–water partition coefficient (Wildman–Crippen LogP) is 7.20. The molecule has 188 valence electrons. The molecule has 0 bridgehead atoms. The van der Waals surface area contributed by atoms with Gasteiger partial charge >= 0.3 is 5.82 Å². The van der Waals surface area contributed by atoms with E-state index in [2.05, 4.69) is 93.5 Å². The maximum absolute atomic E-state index is 5.30. The van der Waals surface area contributed by atoms with Crippen molar-refractivity contribution in [1.29, 1.82) is 0 Å². The van der Waals surface area contributed by atoms with Crippen LogP contribution in [0.15, 0.2) is 126 Å². The Balaban J connectivity index is 1.64. The molecule has 38 heavy (non-hydrogen) atoms. The molecule has 6 rings (SSSR count). The van der Waals surface area contributed by atoms with Gasteiger partial charge in [0.1, 0.15) is 5.69 Å². The highest BCUT2D eigenvalue weighted by Gasteiger charge is 2.37. The minimum Gasteiger partial charge on any atom is -0.278 e. The summed E-state index contributed by atoms with van der Waals surface area (Å²) < 4.78 is 4.54. The van der Waals surface area contributed by atoms with Crippen molar-refractivity contribution in [2.24, 2.45) is 5.10 Å². The molecule has 0 saturated heterocycles. The van der Waals surface area contributed by atoms with Crippen molar-refractivity contribution < 1.29 is 4.57 Å². The molecule has 0 amide bonds. The number of anilines is 1. The van der Waals surface area contributed by atoms with Gasteiger partial charge in [-0.05, 0) is 62.1 Å². The van der Waals surface area contributed by atoms with Gasteiger partial charge < -0.3 is 0 Å². The molecule has 1 saturated carbocycles. The molecule has 1 heterocycles. The van der Waals surface area contributed by atoms with Crippen molar-refractivity contribution in [2.75, 3.05) is 5.43 Å². The first kappa shape index (κ1) is 23.9. The van der Waals surface area contributed by atoms with Crippen LogP contribution in [0.3, 0.4) is 0 Å². The van der Waals surface area contributed by atoms with Crippen LogP contribution < -0.4 is 9.99 Å². The molecule has 4 aromatic carbocycles. The van der Waals surface area contributed by atoms with Gasteiger partial charge in [-0.3, -0.25) is 5.43 Å². The number of nitrogens with one attached hydrogen (secondary N) is 1. The van der Waals surface area contributed by atoms with Crippen LogP contribution in [0.4, 0.5) is 5.69 Å². The molecule has 0 unspecified atom stereocenters. The number of hydrazone groups is 1. The standard InChI is InChI=1S/C33H31N5/c1-6-16-26(17-7-1)31(35-34-28-20-10-3-11-21-28)33-37(29-22-12-4-13-23-29)32(27-18-8-2-9-19-27)36-38(33)30-24-14-5-15-25-30/h1-3,5-11,14-21,24-25,29H,4,12-13,22-23H2/p+1. The zero-order valence-electron chi connectivity index (χ0n) is 21.4. The molecule has 1 N–H and O–H groups in total. The SMILES string of the molecule is c1ccc(N/N=C(\c2ccccc2)c2n(-c3ccccc3)nc(-c3ccccc3)[n+]2C2CCCCC2)cc1. The Morgan fingerprint density at radius 3 is 1.95 bits per heavy atom. The van der Waals surface area contributed by atoms with Crippen LogP contribution in [0.2, 0.25) is 0 Å². The van der Waals surface area contributed by atoms with Gasteiger partial charge in [0.25, 0.3) is 5.82 Å². The average molecular weight is 499 g/mol. The summed E-state index contributed by atoms with van der Waals surface area (Å²) in [5.41, 5.74) is 8.30. The zero-order chi connectivity index (χ0) is 25.6. The number of nitrogens with zero attached hydrogens (tertiary/aromatic N) is 4. The quantitative estimate of drug-likeness (QED) is 0.147. The van der Waals surface area contributed by atoms with Gasteiger partial charge in [-0.15, -0.1) is 0 Å². The zero-order valence-corrected chi connectivity index (χ0v) is 21.4. The Bertz CT molecular complexity index is 1490. The summed E-state index contributed by atoms with van der Waals surface area (Å²) in [6, 6.07) is 41.8. The van der Waals surface area contributed by atoms with E-state index in [-0.39, 0.29) is 0 Å². The minimum atomic E-state index is 0.344. The van der Waals surface area contributed by atoms with Gasteiger partial charge in [-0.25, -0.2) is 4.57 Å². The third-order valence-corrected chi connectivity index (χ3v) is 7.15. The smallest absolute Gasteiger partial charge is 0.278 e. The fourth-order valence-electron chi connectivity index (χ4n) is 5.30. The van der Waals surface area contributed by atoms with Crippen LogP contribution in [0.25, 0.3) is 17.1 Å². The number of benzene rings is 4.